The zero-order chi connectivity index (χ0) is 16.4. The van der Waals surface area contributed by atoms with E-state index in [0.717, 1.165) is 11.3 Å². The quantitative estimate of drug-likeness (QED) is 0.601. The van der Waals surface area contributed by atoms with Crippen molar-refractivity contribution >= 4 is 39.7 Å². The van der Waals surface area contributed by atoms with Crippen LogP contribution in [-0.4, -0.2) is 21.2 Å². The number of benzene rings is 2. The van der Waals surface area contributed by atoms with Crippen LogP contribution in [-0.2, 0) is 0 Å². The molecule has 0 fully saturated rings. The summed E-state index contributed by atoms with van der Waals surface area (Å²) < 4.78 is 0. The van der Waals surface area contributed by atoms with Gasteiger partial charge in [0, 0.05) is 21.7 Å². The van der Waals surface area contributed by atoms with Crippen LogP contribution in [0.4, 0.5) is 10.8 Å². The Labute approximate surface area is 140 Å². The first kappa shape index (κ1) is 15.3. The van der Waals surface area contributed by atoms with E-state index in [2.05, 4.69) is 10.3 Å². The molecule has 1 heterocycles. The average Bonchev–Trinajstić information content (AvgIpc) is 2.98. The number of carboxylic acid groups (broad SMARTS) is 1. The Morgan fingerprint density at radius 2 is 1.91 bits per heavy atom. The minimum Gasteiger partial charge on any atom is -0.507 e. The highest BCUT2D eigenvalue weighted by molar-refractivity contribution is 7.14. The molecule has 0 bridgehead atoms. The minimum absolute atomic E-state index is 0.163. The maximum absolute atomic E-state index is 11.0. The molecule has 0 aliphatic heterocycles. The van der Waals surface area contributed by atoms with Crippen LogP contribution in [0.1, 0.15) is 10.4 Å². The van der Waals surface area contributed by atoms with E-state index in [9.17, 15) is 9.90 Å². The minimum atomic E-state index is -1.19. The maximum Gasteiger partial charge on any atom is 0.339 e. The summed E-state index contributed by atoms with van der Waals surface area (Å²) in [7, 11) is 0. The molecule has 0 aliphatic carbocycles. The van der Waals surface area contributed by atoms with Gasteiger partial charge in [0.15, 0.2) is 5.13 Å². The number of thiazole rings is 1. The molecule has 0 aliphatic rings. The molecule has 0 saturated heterocycles. The molecule has 116 valence electrons. The van der Waals surface area contributed by atoms with Gasteiger partial charge in [-0.1, -0.05) is 23.7 Å². The van der Waals surface area contributed by atoms with Crippen LogP contribution >= 0.6 is 22.9 Å². The van der Waals surface area contributed by atoms with Gasteiger partial charge in [0.05, 0.1) is 5.69 Å². The van der Waals surface area contributed by atoms with Crippen LogP contribution in [0.25, 0.3) is 11.3 Å². The Kier molecular flexibility index (Phi) is 4.18. The third-order valence-corrected chi connectivity index (χ3v) is 4.13. The van der Waals surface area contributed by atoms with Crippen molar-refractivity contribution in [1.29, 1.82) is 0 Å². The number of phenols is 1. The molecular weight excluding hydrogens is 336 g/mol. The number of aromatic hydroxyl groups is 1. The largest absolute Gasteiger partial charge is 0.507 e. The standard InChI is InChI=1S/C16H11ClN2O3S/c17-10-3-1-9(2-4-10)13-8-23-16(19-13)18-11-5-6-14(20)12(7-11)15(21)22/h1-8,20H,(H,18,19)(H,21,22). The zero-order valence-corrected chi connectivity index (χ0v) is 13.2. The summed E-state index contributed by atoms with van der Waals surface area (Å²) in [5.41, 5.74) is 2.11. The maximum atomic E-state index is 11.0. The predicted molar refractivity (Wildman–Crippen MR) is 90.9 cm³/mol. The average molecular weight is 347 g/mol. The van der Waals surface area contributed by atoms with E-state index < -0.39 is 5.97 Å². The Morgan fingerprint density at radius 1 is 1.17 bits per heavy atom. The van der Waals surface area contributed by atoms with Crippen molar-refractivity contribution < 1.29 is 15.0 Å². The second kappa shape index (κ2) is 6.28. The molecule has 5 nitrogen and oxygen atoms in total. The van der Waals surface area contributed by atoms with Gasteiger partial charge >= 0.3 is 5.97 Å². The molecule has 3 aromatic rings. The van der Waals surface area contributed by atoms with Gasteiger partial charge in [-0.15, -0.1) is 11.3 Å². The van der Waals surface area contributed by atoms with Crippen LogP contribution in [0.5, 0.6) is 5.75 Å². The summed E-state index contributed by atoms with van der Waals surface area (Å²) in [6, 6.07) is 11.6. The molecule has 0 saturated carbocycles. The van der Waals surface area contributed by atoms with Gasteiger partial charge in [-0.05, 0) is 30.3 Å². The highest BCUT2D eigenvalue weighted by atomic mass is 35.5. The van der Waals surface area contributed by atoms with E-state index in [1.54, 1.807) is 18.2 Å². The van der Waals surface area contributed by atoms with Gasteiger partial charge in [0.1, 0.15) is 11.3 Å². The molecular formula is C16H11ClN2O3S. The van der Waals surface area contributed by atoms with Crippen LogP contribution in [0.3, 0.4) is 0 Å². The van der Waals surface area contributed by atoms with Gasteiger partial charge in [-0.3, -0.25) is 0 Å². The lowest BCUT2D eigenvalue weighted by molar-refractivity contribution is 0.0694. The van der Waals surface area contributed by atoms with E-state index in [0.29, 0.717) is 15.8 Å². The molecule has 0 atom stereocenters. The van der Waals surface area contributed by atoms with Crippen LogP contribution in [0.2, 0.25) is 5.02 Å². The highest BCUT2D eigenvalue weighted by Gasteiger charge is 2.11. The normalized spacial score (nSPS) is 10.5. The second-order valence-electron chi connectivity index (χ2n) is 4.71. The number of hydrogen-bond acceptors (Lipinski definition) is 5. The van der Waals surface area contributed by atoms with Crippen molar-refractivity contribution in [3.8, 4) is 17.0 Å². The lowest BCUT2D eigenvalue weighted by Gasteiger charge is -2.05. The van der Waals surface area contributed by atoms with Gasteiger partial charge in [-0.2, -0.15) is 0 Å². The molecule has 23 heavy (non-hydrogen) atoms. The number of rotatable bonds is 4. The number of nitrogens with zero attached hydrogens (tertiary/aromatic N) is 1. The van der Waals surface area contributed by atoms with Crippen LogP contribution in [0, 0.1) is 0 Å². The number of anilines is 2. The number of carbonyl (C=O) groups is 1. The molecule has 7 heteroatoms. The lowest BCUT2D eigenvalue weighted by atomic mass is 10.2. The molecule has 2 aromatic carbocycles. The second-order valence-corrected chi connectivity index (χ2v) is 6.00. The fourth-order valence-corrected chi connectivity index (χ4v) is 2.86. The zero-order valence-electron chi connectivity index (χ0n) is 11.7. The lowest BCUT2D eigenvalue weighted by Crippen LogP contribution is -1.98. The monoisotopic (exact) mass is 346 g/mol. The first-order valence-corrected chi connectivity index (χ1v) is 7.83. The molecule has 0 amide bonds. The SMILES string of the molecule is O=C(O)c1cc(Nc2nc(-c3ccc(Cl)cc3)cs2)ccc1O. The number of aromatic carboxylic acids is 1. The van der Waals surface area contributed by atoms with Crippen molar-refractivity contribution in [2.24, 2.45) is 0 Å². The Hall–Kier alpha value is -2.57. The summed E-state index contributed by atoms with van der Waals surface area (Å²) in [5, 5.41) is 24.7. The molecule has 3 rings (SSSR count). The van der Waals surface area contributed by atoms with E-state index in [1.807, 2.05) is 17.5 Å². The fraction of sp³-hybridized carbons (Fsp3) is 0. The van der Waals surface area contributed by atoms with Gasteiger partial charge in [0.25, 0.3) is 0 Å². The summed E-state index contributed by atoms with van der Waals surface area (Å²) >= 11 is 7.26. The summed E-state index contributed by atoms with van der Waals surface area (Å²) in [5.74, 6) is -1.46. The first-order chi connectivity index (χ1) is 11.0. The molecule has 0 spiro atoms. The van der Waals surface area contributed by atoms with Crippen molar-refractivity contribution in [3.63, 3.8) is 0 Å². The van der Waals surface area contributed by atoms with Crippen LogP contribution in [0.15, 0.2) is 47.8 Å². The summed E-state index contributed by atoms with van der Waals surface area (Å²) in [4.78, 5) is 15.5. The molecule has 0 unspecified atom stereocenters. The predicted octanol–water partition coefficient (Wildman–Crippen LogP) is 4.61. The number of halogens is 1. The molecule has 1 aromatic heterocycles. The smallest absolute Gasteiger partial charge is 0.339 e. The number of carboxylic acids is 1. The third-order valence-electron chi connectivity index (χ3n) is 3.12. The fourth-order valence-electron chi connectivity index (χ4n) is 1.99. The van der Waals surface area contributed by atoms with Gasteiger partial charge in [-0.25, -0.2) is 9.78 Å². The summed E-state index contributed by atoms with van der Waals surface area (Å²) in [6.45, 7) is 0. The Balaban J connectivity index is 1.83. The van der Waals surface area contributed by atoms with E-state index in [4.69, 9.17) is 16.7 Å². The molecule has 3 N–H and O–H groups in total. The number of aromatic nitrogens is 1. The van der Waals surface area contributed by atoms with Crippen molar-refractivity contribution in [3.05, 3.63) is 58.4 Å². The number of nitrogens with one attached hydrogen (secondary N) is 1. The topological polar surface area (TPSA) is 82.5 Å². The first-order valence-electron chi connectivity index (χ1n) is 6.58. The van der Waals surface area contributed by atoms with E-state index >= 15 is 0 Å². The van der Waals surface area contributed by atoms with Gasteiger partial charge in [0.2, 0.25) is 0 Å². The van der Waals surface area contributed by atoms with Crippen LogP contribution < -0.4 is 5.32 Å². The van der Waals surface area contributed by atoms with Crippen molar-refractivity contribution in [1.82, 2.24) is 4.98 Å². The highest BCUT2D eigenvalue weighted by Crippen LogP contribution is 2.29. The number of hydrogen-bond donors (Lipinski definition) is 3. The van der Waals surface area contributed by atoms with Gasteiger partial charge < -0.3 is 15.5 Å². The van der Waals surface area contributed by atoms with Crippen molar-refractivity contribution in [2.45, 2.75) is 0 Å². The summed E-state index contributed by atoms with van der Waals surface area (Å²) in [6.07, 6.45) is 0. The van der Waals surface area contributed by atoms with Crippen molar-refractivity contribution in [2.75, 3.05) is 5.32 Å². The molecule has 0 radical (unpaired) electrons. The van der Waals surface area contributed by atoms with E-state index in [-0.39, 0.29) is 11.3 Å². The third kappa shape index (κ3) is 3.44. The van der Waals surface area contributed by atoms with E-state index in [1.165, 1.54) is 23.5 Å². The Morgan fingerprint density at radius 3 is 2.61 bits per heavy atom. The Bertz CT molecular complexity index is 862.